The maximum absolute atomic E-state index is 12.2. The molecule has 1 aromatic rings. The van der Waals surface area contributed by atoms with Crippen LogP contribution < -0.4 is 0 Å². The van der Waals surface area contributed by atoms with Gasteiger partial charge in [0, 0.05) is 0 Å². The highest BCUT2D eigenvalue weighted by Gasteiger charge is 2.48. The van der Waals surface area contributed by atoms with Gasteiger partial charge in [0.05, 0.1) is 12.7 Å². The van der Waals surface area contributed by atoms with E-state index in [0.29, 0.717) is 18.4 Å². The fraction of sp³-hybridized carbons (Fsp3) is 0.500. The molecule has 1 saturated carbocycles. The molecule has 4 nitrogen and oxygen atoms in total. The Morgan fingerprint density at radius 2 is 2.10 bits per heavy atom. The molecule has 0 radical (unpaired) electrons. The van der Waals surface area contributed by atoms with Gasteiger partial charge in [0.15, 0.2) is 0 Å². The Bertz CT molecular complexity index is 523. The monoisotopic (exact) mass is 276 g/mol. The highest BCUT2D eigenvalue weighted by Crippen LogP contribution is 2.41. The first-order valence-corrected chi connectivity index (χ1v) is 6.83. The van der Waals surface area contributed by atoms with Crippen LogP contribution in [0.2, 0.25) is 0 Å². The lowest BCUT2D eigenvalue weighted by molar-refractivity contribution is -0.156. The van der Waals surface area contributed by atoms with Gasteiger partial charge in [-0.15, -0.1) is 0 Å². The topological polar surface area (TPSA) is 52.6 Å². The van der Waals surface area contributed by atoms with Crippen molar-refractivity contribution in [1.82, 2.24) is 0 Å². The number of aryl methyl sites for hydroxylation is 1. The summed E-state index contributed by atoms with van der Waals surface area (Å²) in [5, 5.41) is 0. The van der Waals surface area contributed by atoms with E-state index in [9.17, 15) is 9.59 Å². The molecule has 108 valence electrons. The Morgan fingerprint density at radius 1 is 1.35 bits per heavy atom. The minimum absolute atomic E-state index is 0.308. The Balaban J connectivity index is 2.13. The van der Waals surface area contributed by atoms with E-state index in [-0.39, 0.29) is 11.9 Å². The van der Waals surface area contributed by atoms with Gasteiger partial charge in [-0.3, -0.25) is 4.79 Å². The molecule has 2 unspecified atom stereocenters. The van der Waals surface area contributed by atoms with Crippen LogP contribution in [-0.4, -0.2) is 25.2 Å². The summed E-state index contributed by atoms with van der Waals surface area (Å²) in [5.41, 5.74) is 0.791. The molecule has 2 rings (SSSR count). The zero-order valence-corrected chi connectivity index (χ0v) is 12.1. The van der Waals surface area contributed by atoms with Crippen molar-refractivity contribution in [1.29, 1.82) is 0 Å². The van der Waals surface area contributed by atoms with E-state index in [1.54, 1.807) is 19.1 Å². The van der Waals surface area contributed by atoms with Gasteiger partial charge in [-0.1, -0.05) is 17.7 Å². The smallest absolute Gasteiger partial charge is 0.338 e. The first-order chi connectivity index (χ1) is 9.47. The maximum Gasteiger partial charge on any atom is 0.338 e. The molecule has 0 amide bonds. The zero-order chi connectivity index (χ0) is 14.8. The summed E-state index contributed by atoms with van der Waals surface area (Å²) in [7, 11) is 1.37. The Labute approximate surface area is 119 Å². The van der Waals surface area contributed by atoms with E-state index in [2.05, 4.69) is 0 Å². The van der Waals surface area contributed by atoms with E-state index in [1.807, 2.05) is 19.1 Å². The van der Waals surface area contributed by atoms with Crippen molar-refractivity contribution in [3.8, 4) is 0 Å². The number of carbonyl (C=O) groups excluding carboxylic acids is 2. The summed E-state index contributed by atoms with van der Waals surface area (Å²) in [6.07, 6.45) is 1.83. The third-order valence-electron chi connectivity index (χ3n) is 4.03. The van der Waals surface area contributed by atoms with Crippen LogP contribution in [0.5, 0.6) is 0 Å². The summed E-state index contributed by atoms with van der Waals surface area (Å²) in [6, 6.07) is 7.25. The maximum atomic E-state index is 12.2. The molecule has 2 atom stereocenters. The van der Waals surface area contributed by atoms with Crippen LogP contribution in [0.15, 0.2) is 24.3 Å². The predicted octanol–water partition coefficient (Wildman–Crippen LogP) is 2.88. The largest absolute Gasteiger partial charge is 0.468 e. The average Bonchev–Trinajstić information content (AvgIpc) is 2.80. The molecule has 0 heterocycles. The average molecular weight is 276 g/mol. The quantitative estimate of drug-likeness (QED) is 0.797. The van der Waals surface area contributed by atoms with Crippen molar-refractivity contribution in [2.24, 2.45) is 5.41 Å². The third-order valence-corrected chi connectivity index (χ3v) is 4.03. The van der Waals surface area contributed by atoms with Crippen molar-refractivity contribution in [3.63, 3.8) is 0 Å². The minimum atomic E-state index is -0.728. The number of rotatable bonds is 3. The van der Waals surface area contributed by atoms with Crippen LogP contribution in [0.1, 0.15) is 42.1 Å². The van der Waals surface area contributed by atoms with Gasteiger partial charge < -0.3 is 9.47 Å². The number of hydrogen-bond donors (Lipinski definition) is 0. The van der Waals surface area contributed by atoms with Crippen molar-refractivity contribution in [2.75, 3.05) is 7.11 Å². The lowest BCUT2D eigenvalue weighted by Gasteiger charge is -2.28. The number of ether oxygens (including phenoxy) is 2. The molecule has 0 N–H and O–H groups in total. The van der Waals surface area contributed by atoms with Gasteiger partial charge in [0.2, 0.25) is 0 Å². The molecule has 0 spiro atoms. The van der Waals surface area contributed by atoms with E-state index < -0.39 is 11.5 Å². The predicted molar refractivity (Wildman–Crippen MR) is 74.4 cm³/mol. The molecular formula is C16H20O4. The molecule has 1 aromatic carbocycles. The van der Waals surface area contributed by atoms with Gasteiger partial charge in [-0.25, -0.2) is 4.79 Å². The zero-order valence-electron chi connectivity index (χ0n) is 12.1. The lowest BCUT2D eigenvalue weighted by Crippen LogP contribution is -2.39. The van der Waals surface area contributed by atoms with E-state index >= 15 is 0 Å². The third kappa shape index (κ3) is 2.69. The number of hydrogen-bond acceptors (Lipinski definition) is 4. The lowest BCUT2D eigenvalue weighted by atomic mass is 9.86. The molecule has 1 aliphatic carbocycles. The van der Waals surface area contributed by atoms with Crippen LogP contribution >= 0.6 is 0 Å². The van der Waals surface area contributed by atoms with Gasteiger partial charge in [0.25, 0.3) is 0 Å². The molecule has 20 heavy (non-hydrogen) atoms. The Hall–Kier alpha value is -1.84. The number of methoxy groups -OCH3 is 1. The second-order valence-corrected chi connectivity index (χ2v) is 5.56. The number of carbonyl (C=O) groups is 2. The van der Waals surface area contributed by atoms with Crippen molar-refractivity contribution < 1.29 is 19.1 Å². The summed E-state index contributed by atoms with van der Waals surface area (Å²) >= 11 is 0. The van der Waals surface area contributed by atoms with Crippen LogP contribution in [0, 0.1) is 12.3 Å². The summed E-state index contributed by atoms with van der Waals surface area (Å²) in [5.74, 6) is -0.687. The van der Waals surface area contributed by atoms with Gasteiger partial charge in [-0.05, 0) is 45.2 Å². The molecule has 4 heteroatoms. The summed E-state index contributed by atoms with van der Waals surface area (Å²) in [6.45, 7) is 3.73. The Morgan fingerprint density at radius 3 is 2.75 bits per heavy atom. The second-order valence-electron chi connectivity index (χ2n) is 5.56. The van der Waals surface area contributed by atoms with Gasteiger partial charge >= 0.3 is 11.9 Å². The fourth-order valence-electron chi connectivity index (χ4n) is 2.76. The van der Waals surface area contributed by atoms with Crippen LogP contribution in [0.4, 0.5) is 0 Å². The van der Waals surface area contributed by atoms with Gasteiger partial charge in [0.1, 0.15) is 11.5 Å². The van der Waals surface area contributed by atoms with Crippen molar-refractivity contribution in [2.45, 2.75) is 39.2 Å². The van der Waals surface area contributed by atoms with Crippen LogP contribution in [0.3, 0.4) is 0 Å². The molecular weight excluding hydrogens is 256 g/mol. The van der Waals surface area contributed by atoms with Crippen molar-refractivity contribution >= 4 is 11.9 Å². The summed E-state index contributed by atoms with van der Waals surface area (Å²) in [4.78, 5) is 24.1. The fourth-order valence-corrected chi connectivity index (χ4v) is 2.76. The molecule has 1 aliphatic rings. The standard InChI is InChI=1S/C16H20O4/c1-11-6-4-7-12(10-11)14(17)20-13-8-5-9-16(13,2)15(18)19-3/h4,6-7,10,13H,5,8-9H2,1-3H3. The van der Waals surface area contributed by atoms with E-state index in [4.69, 9.17) is 9.47 Å². The van der Waals surface area contributed by atoms with E-state index in [0.717, 1.165) is 12.0 Å². The molecule has 0 bridgehead atoms. The SMILES string of the molecule is COC(=O)C1(C)CCCC1OC(=O)c1cccc(C)c1. The minimum Gasteiger partial charge on any atom is -0.468 e. The highest BCUT2D eigenvalue weighted by molar-refractivity contribution is 5.90. The highest BCUT2D eigenvalue weighted by atomic mass is 16.6. The van der Waals surface area contributed by atoms with Crippen LogP contribution in [0.25, 0.3) is 0 Å². The molecule has 0 aliphatic heterocycles. The first kappa shape index (κ1) is 14.6. The molecule has 1 fully saturated rings. The van der Waals surface area contributed by atoms with Crippen molar-refractivity contribution in [3.05, 3.63) is 35.4 Å². The Kier molecular flexibility index (Phi) is 4.12. The first-order valence-electron chi connectivity index (χ1n) is 6.83. The number of benzene rings is 1. The molecule has 0 saturated heterocycles. The van der Waals surface area contributed by atoms with Gasteiger partial charge in [-0.2, -0.15) is 0 Å². The second kappa shape index (κ2) is 5.65. The normalized spacial score (nSPS) is 25.2. The number of esters is 2. The van der Waals surface area contributed by atoms with E-state index in [1.165, 1.54) is 7.11 Å². The van der Waals surface area contributed by atoms with Crippen LogP contribution in [-0.2, 0) is 14.3 Å². The molecule has 0 aromatic heterocycles. The summed E-state index contributed by atoms with van der Waals surface area (Å²) < 4.78 is 10.4.